The second-order valence-electron chi connectivity index (χ2n) is 2.65. The van der Waals surface area contributed by atoms with Gasteiger partial charge in [-0.05, 0) is 18.2 Å². The fraction of sp³-hybridized carbons (Fsp3) is 0.143. The first-order valence-electron chi connectivity index (χ1n) is 3.64. The van der Waals surface area contributed by atoms with E-state index in [-0.39, 0.29) is 6.61 Å². The van der Waals surface area contributed by atoms with Crippen molar-refractivity contribution in [3.05, 3.63) is 23.8 Å². The van der Waals surface area contributed by atoms with Gasteiger partial charge in [-0.25, -0.2) is 4.18 Å². The minimum atomic E-state index is -4.45. The molecule has 1 rings (SSSR count). The summed E-state index contributed by atoms with van der Waals surface area (Å²) in [7, 11) is -4.45. The fourth-order valence-corrected chi connectivity index (χ4v) is 1.16. The van der Waals surface area contributed by atoms with Gasteiger partial charge < -0.3 is 11.5 Å². The third-order valence-corrected chi connectivity index (χ3v) is 1.95. The van der Waals surface area contributed by atoms with E-state index in [1.54, 1.807) is 6.07 Å². The van der Waals surface area contributed by atoms with Gasteiger partial charge in [0, 0.05) is 16.9 Å². The van der Waals surface area contributed by atoms with Gasteiger partial charge in [0.25, 0.3) is 0 Å². The van der Waals surface area contributed by atoms with Crippen molar-refractivity contribution in [2.45, 2.75) is 6.61 Å². The van der Waals surface area contributed by atoms with E-state index in [0.717, 1.165) is 0 Å². The zero-order valence-corrected chi connectivity index (χ0v) is 7.99. The molecule has 1 aromatic rings. The third-order valence-electron chi connectivity index (χ3n) is 1.53. The first-order valence-corrected chi connectivity index (χ1v) is 5.01. The van der Waals surface area contributed by atoms with Crippen molar-refractivity contribution >= 4 is 21.8 Å². The highest BCUT2D eigenvalue weighted by Crippen LogP contribution is 2.16. The molecule has 0 aliphatic heterocycles. The molecule has 0 spiro atoms. The fourth-order valence-electron chi connectivity index (χ4n) is 0.889. The number of benzene rings is 1. The van der Waals surface area contributed by atoms with Gasteiger partial charge in [0.1, 0.15) is 0 Å². The Balaban J connectivity index is 2.81. The maximum absolute atomic E-state index is 10.3. The van der Waals surface area contributed by atoms with E-state index in [9.17, 15) is 8.42 Å². The van der Waals surface area contributed by atoms with Crippen LogP contribution >= 0.6 is 0 Å². The van der Waals surface area contributed by atoms with E-state index in [0.29, 0.717) is 16.9 Å². The highest BCUT2D eigenvalue weighted by molar-refractivity contribution is 7.80. The molecule has 0 heterocycles. The highest BCUT2D eigenvalue weighted by Gasteiger charge is 2.07. The molecule has 5 N–H and O–H groups in total. The Hall–Kier alpha value is -1.31. The molecule has 0 bridgehead atoms. The van der Waals surface area contributed by atoms with Gasteiger partial charge in [0.2, 0.25) is 0 Å². The normalized spacial score (nSPS) is 11.5. The summed E-state index contributed by atoms with van der Waals surface area (Å²) >= 11 is 0. The lowest BCUT2D eigenvalue weighted by molar-refractivity contribution is 0.260. The average Bonchev–Trinajstić information content (AvgIpc) is 2.05. The number of rotatable bonds is 3. The van der Waals surface area contributed by atoms with Crippen molar-refractivity contribution in [3.8, 4) is 0 Å². The molecule has 0 aliphatic rings. The summed E-state index contributed by atoms with van der Waals surface area (Å²) in [4.78, 5) is 0. The van der Waals surface area contributed by atoms with Gasteiger partial charge in [0.05, 0.1) is 6.61 Å². The average molecular weight is 218 g/mol. The molecule has 1 aromatic carbocycles. The van der Waals surface area contributed by atoms with Crippen molar-refractivity contribution in [2.24, 2.45) is 0 Å². The molecule has 0 fully saturated rings. The zero-order chi connectivity index (χ0) is 10.8. The Bertz CT molecular complexity index is 429. The van der Waals surface area contributed by atoms with Gasteiger partial charge in [-0.15, -0.1) is 0 Å². The minimum Gasteiger partial charge on any atom is -0.399 e. The molecule has 0 radical (unpaired) electrons. The minimum absolute atomic E-state index is 0.338. The Labute approximate surface area is 81.4 Å². The van der Waals surface area contributed by atoms with Gasteiger partial charge >= 0.3 is 10.4 Å². The van der Waals surface area contributed by atoms with Crippen molar-refractivity contribution in [1.29, 1.82) is 0 Å². The predicted molar refractivity (Wildman–Crippen MR) is 51.6 cm³/mol. The first-order chi connectivity index (χ1) is 6.38. The molecule has 0 atom stereocenters. The standard InChI is InChI=1S/C7H10N2O4S/c8-6-1-2-7(9)5(3-6)4-13-14(10,11)12/h1-3H,4,8-9H2,(H,10,11,12). The molecule has 7 heteroatoms. The van der Waals surface area contributed by atoms with E-state index < -0.39 is 10.4 Å². The molecule has 14 heavy (non-hydrogen) atoms. The van der Waals surface area contributed by atoms with Crippen molar-refractivity contribution in [1.82, 2.24) is 0 Å². The molecule has 0 aromatic heterocycles. The van der Waals surface area contributed by atoms with Crippen molar-refractivity contribution in [2.75, 3.05) is 11.5 Å². The van der Waals surface area contributed by atoms with E-state index in [2.05, 4.69) is 4.18 Å². The quantitative estimate of drug-likeness (QED) is 0.492. The van der Waals surface area contributed by atoms with Gasteiger partial charge in [-0.1, -0.05) is 0 Å². The van der Waals surface area contributed by atoms with E-state index in [4.69, 9.17) is 16.0 Å². The summed E-state index contributed by atoms with van der Waals surface area (Å²) < 4.78 is 33.0. The molecule has 0 amide bonds. The van der Waals surface area contributed by atoms with Crippen molar-refractivity contribution in [3.63, 3.8) is 0 Å². The van der Waals surface area contributed by atoms with Crippen LogP contribution in [-0.4, -0.2) is 13.0 Å². The number of anilines is 2. The van der Waals surface area contributed by atoms with E-state index in [1.807, 2.05) is 0 Å². The summed E-state index contributed by atoms with van der Waals surface area (Å²) in [6, 6.07) is 4.57. The molecular formula is C7H10N2O4S. The topological polar surface area (TPSA) is 116 Å². The van der Waals surface area contributed by atoms with Crippen LogP contribution in [0.1, 0.15) is 5.56 Å². The summed E-state index contributed by atoms with van der Waals surface area (Å²) in [5.41, 5.74) is 12.1. The summed E-state index contributed by atoms with van der Waals surface area (Å²) in [5.74, 6) is 0. The smallest absolute Gasteiger partial charge is 0.397 e. The van der Waals surface area contributed by atoms with Crippen LogP contribution in [0.4, 0.5) is 11.4 Å². The molecule has 0 unspecified atom stereocenters. The van der Waals surface area contributed by atoms with Gasteiger partial charge in [-0.3, -0.25) is 4.55 Å². The zero-order valence-electron chi connectivity index (χ0n) is 7.17. The number of nitrogen functional groups attached to an aromatic ring is 2. The largest absolute Gasteiger partial charge is 0.399 e. The monoisotopic (exact) mass is 218 g/mol. The lowest BCUT2D eigenvalue weighted by Crippen LogP contribution is -2.05. The van der Waals surface area contributed by atoms with Crippen LogP contribution in [0.2, 0.25) is 0 Å². The molecule has 0 saturated carbocycles. The van der Waals surface area contributed by atoms with Crippen LogP contribution in [0.5, 0.6) is 0 Å². The van der Waals surface area contributed by atoms with E-state index in [1.165, 1.54) is 12.1 Å². The van der Waals surface area contributed by atoms with Crippen LogP contribution in [0.15, 0.2) is 18.2 Å². The molecule has 0 aliphatic carbocycles. The van der Waals surface area contributed by atoms with Crippen LogP contribution in [-0.2, 0) is 21.2 Å². The molecule has 78 valence electrons. The number of hydrogen-bond acceptors (Lipinski definition) is 5. The molecule has 6 nitrogen and oxygen atoms in total. The lowest BCUT2D eigenvalue weighted by atomic mass is 10.2. The third kappa shape index (κ3) is 3.21. The predicted octanol–water partition coefficient (Wildman–Crippen LogP) is 0.170. The maximum Gasteiger partial charge on any atom is 0.397 e. The van der Waals surface area contributed by atoms with Crippen molar-refractivity contribution < 1.29 is 17.2 Å². The number of nitrogens with two attached hydrogens (primary N) is 2. The van der Waals surface area contributed by atoms with Crippen LogP contribution in [0.3, 0.4) is 0 Å². The number of hydrogen-bond donors (Lipinski definition) is 3. The Morgan fingerprint density at radius 1 is 1.36 bits per heavy atom. The van der Waals surface area contributed by atoms with Crippen LogP contribution in [0, 0.1) is 0 Å². The summed E-state index contributed by atoms with van der Waals surface area (Å²) in [5, 5.41) is 0. The lowest BCUT2D eigenvalue weighted by Gasteiger charge is -2.05. The summed E-state index contributed by atoms with van der Waals surface area (Å²) in [6.07, 6.45) is 0. The second-order valence-corrected chi connectivity index (χ2v) is 3.74. The van der Waals surface area contributed by atoms with Crippen LogP contribution in [0.25, 0.3) is 0 Å². The first kappa shape index (κ1) is 10.8. The van der Waals surface area contributed by atoms with Gasteiger partial charge in [0.15, 0.2) is 0 Å². The molecule has 0 saturated heterocycles. The summed E-state index contributed by atoms with van der Waals surface area (Å²) in [6.45, 7) is -0.338. The Morgan fingerprint density at radius 3 is 2.57 bits per heavy atom. The molecular weight excluding hydrogens is 208 g/mol. The van der Waals surface area contributed by atoms with Gasteiger partial charge in [-0.2, -0.15) is 8.42 Å². The SMILES string of the molecule is Nc1ccc(N)c(COS(=O)(=O)O)c1. The van der Waals surface area contributed by atoms with Crippen LogP contribution < -0.4 is 11.5 Å². The highest BCUT2D eigenvalue weighted by atomic mass is 32.3. The van der Waals surface area contributed by atoms with E-state index >= 15 is 0 Å². The Kier molecular flexibility index (Phi) is 2.94. The second kappa shape index (κ2) is 3.82. The maximum atomic E-state index is 10.3. The Morgan fingerprint density at radius 2 is 2.00 bits per heavy atom.